The van der Waals surface area contributed by atoms with Crippen LogP contribution in [-0.4, -0.2) is 35.8 Å². The summed E-state index contributed by atoms with van der Waals surface area (Å²) in [6.07, 6.45) is 0. The van der Waals surface area contributed by atoms with E-state index in [1.54, 1.807) is 11.8 Å². The minimum Gasteiger partial charge on any atom is -0.396 e. The summed E-state index contributed by atoms with van der Waals surface area (Å²) in [5.74, 6) is 1.96. The molecule has 2 N–H and O–H groups in total. The predicted molar refractivity (Wildman–Crippen MR) is 47.5 cm³/mol. The first kappa shape index (κ1) is 10.3. The highest BCUT2D eigenvalue weighted by Gasteiger charge is 1.90. The molecule has 0 aliphatic carbocycles. The van der Waals surface area contributed by atoms with Crippen molar-refractivity contribution in [3.63, 3.8) is 0 Å². The Labute approximate surface area is 67.4 Å². The number of hydrogen-bond acceptors (Lipinski definition) is 3. The van der Waals surface area contributed by atoms with E-state index in [9.17, 15) is 0 Å². The molecule has 0 aromatic rings. The lowest BCUT2D eigenvalue weighted by atomic mass is 10.4. The van der Waals surface area contributed by atoms with Crippen molar-refractivity contribution in [2.24, 2.45) is 0 Å². The van der Waals surface area contributed by atoms with Gasteiger partial charge in [-0.05, 0) is 0 Å². The lowest BCUT2D eigenvalue weighted by molar-refractivity contribution is 0.322. The van der Waals surface area contributed by atoms with Crippen LogP contribution in [-0.2, 0) is 0 Å². The van der Waals surface area contributed by atoms with Gasteiger partial charge >= 0.3 is 0 Å². The molecule has 10 heavy (non-hydrogen) atoms. The van der Waals surface area contributed by atoms with Gasteiger partial charge in [0.1, 0.15) is 0 Å². The third-order valence-electron chi connectivity index (χ3n) is 1.03. The maximum atomic E-state index is 8.43. The van der Waals surface area contributed by atoms with Crippen molar-refractivity contribution >= 4 is 11.8 Å². The summed E-state index contributed by atoms with van der Waals surface area (Å²) < 4.78 is 0. The molecule has 0 saturated heterocycles. The van der Waals surface area contributed by atoms with E-state index < -0.39 is 0 Å². The molecule has 3 heteroatoms. The second kappa shape index (κ2) is 7.38. The summed E-state index contributed by atoms with van der Waals surface area (Å²) in [6, 6.07) is 0.578. The summed E-state index contributed by atoms with van der Waals surface area (Å²) in [6.45, 7) is 5.61. The fraction of sp³-hybridized carbons (Fsp3) is 1.00. The molecular formula is C7H17NOS. The first-order chi connectivity index (χ1) is 4.77. The topological polar surface area (TPSA) is 32.3 Å². The van der Waals surface area contributed by atoms with Gasteiger partial charge in [-0.2, -0.15) is 11.8 Å². The summed E-state index contributed by atoms with van der Waals surface area (Å²) in [7, 11) is 0. The minimum atomic E-state index is 0.298. The number of hydrogen-bond donors (Lipinski definition) is 2. The van der Waals surface area contributed by atoms with Gasteiger partial charge in [-0.15, -0.1) is 0 Å². The van der Waals surface area contributed by atoms with E-state index in [1.165, 1.54) is 0 Å². The monoisotopic (exact) mass is 163 g/mol. The van der Waals surface area contributed by atoms with Crippen LogP contribution in [0, 0.1) is 0 Å². The van der Waals surface area contributed by atoms with Crippen LogP contribution in [0.3, 0.4) is 0 Å². The molecule has 0 aromatic carbocycles. The van der Waals surface area contributed by atoms with Gasteiger partial charge in [-0.3, -0.25) is 0 Å². The number of aliphatic hydroxyl groups excluding tert-OH is 1. The Morgan fingerprint density at radius 2 is 2.10 bits per heavy atom. The molecule has 62 valence electrons. The molecule has 0 aromatic heterocycles. The Bertz CT molecular complexity index is 68.6. The Morgan fingerprint density at radius 1 is 1.40 bits per heavy atom. The van der Waals surface area contributed by atoms with Gasteiger partial charge in [0.15, 0.2) is 0 Å². The number of aliphatic hydroxyl groups is 1. The largest absolute Gasteiger partial charge is 0.396 e. The van der Waals surface area contributed by atoms with E-state index in [4.69, 9.17) is 5.11 Å². The Morgan fingerprint density at radius 3 is 2.60 bits per heavy atom. The molecule has 0 unspecified atom stereocenters. The highest BCUT2D eigenvalue weighted by Crippen LogP contribution is 1.95. The van der Waals surface area contributed by atoms with Gasteiger partial charge < -0.3 is 10.4 Å². The van der Waals surface area contributed by atoms with Crippen LogP contribution in [0.15, 0.2) is 0 Å². The highest BCUT2D eigenvalue weighted by atomic mass is 32.2. The molecular weight excluding hydrogens is 146 g/mol. The van der Waals surface area contributed by atoms with E-state index in [-0.39, 0.29) is 0 Å². The van der Waals surface area contributed by atoms with Gasteiger partial charge in [0.05, 0.1) is 6.61 Å². The number of nitrogens with one attached hydrogen (secondary N) is 1. The maximum absolute atomic E-state index is 8.43. The molecule has 0 bridgehead atoms. The quantitative estimate of drug-likeness (QED) is 0.566. The molecule has 0 aliphatic rings. The summed E-state index contributed by atoms with van der Waals surface area (Å²) >= 11 is 1.78. The molecule has 0 atom stereocenters. The zero-order chi connectivity index (χ0) is 7.82. The van der Waals surface area contributed by atoms with E-state index in [2.05, 4.69) is 19.2 Å². The lowest BCUT2D eigenvalue weighted by Crippen LogP contribution is -2.25. The lowest BCUT2D eigenvalue weighted by Gasteiger charge is -2.06. The van der Waals surface area contributed by atoms with Crippen LogP contribution in [0.4, 0.5) is 0 Å². The van der Waals surface area contributed by atoms with E-state index >= 15 is 0 Å². The molecule has 0 rings (SSSR count). The van der Waals surface area contributed by atoms with Crippen molar-refractivity contribution in [3.8, 4) is 0 Å². The van der Waals surface area contributed by atoms with Crippen molar-refractivity contribution in [3.05, 3.63) is 0 Å². The second-order valence-corrected chi connectivity index (χ2v) is 3.67. The molecule has 0 spiro atoms. The third kappa shape index (κ3) is 8.27. The summed E-state index contributed by atoms with van der Waals surface area (Å²) in [5, 5.41) is 11.7. The van der Waals surface area contributed by atoms with Gasteiger partial charge in [-0.25, -0.2) is 0 Å². The van der Waals surface area contributed by atoms with Crippen molar-refractivity contribution in [2.45, 2.75) is 19.9 Å². The zero-order valence-electron chi connectivity index (χ0n) is 6.76. The number of rotatable bonds is 6. The van der Waals surface area contributed by atoms with Crippen LogP contribution < -0.4 is 5.32 Å². The SMILES string of the molecule is CC(C)NCCSCCO. The first-order valence-electron chi connectivity index (χ1n) is 3.69. The van der Waals surface area contributed by atoms with Gasteiger partial charge in [-0.1, -0.05) is 13.8 Å². The van der Waals surface area contributed by atoms with E-state index in [1.807, 2.05) is 0 Å². The molecule has 2 nitrogen and oxygen atoms in total. The summed E-state index contributed by atoms with van der Waals surface area (Å²) in [5.41, 5.74) is 0. The minimum absolute atomic E-state index is 0.298. The molecule has 0 amide bonds. The zero-order valence-corrected chi connectivity index (χ0v) is 7.58. The van der Waals surface area contributed by atoms with Crippen LogP contribution in [0.25, 0.3) is 0 Å². The van der Waals surface area contributed by atoms with Crippen molar-refractivity contribution in [1.82, 2.24) is 5.32 Å². The van der Waals surface area contributed by atoms with Crippen molar-refractivity contribution in [1.29, 1.82) is 0 Å². The Balaban J connectivity index is 2.77. The van der Waals surface area contributed by atoms with Crippen molar-refractivity contribution < 1.29 is 5.11 Å². The van der Waals surface area contributed by atoms with Crippen LogP contribution >= 0.6 is 11.8 Å². The van der Waals surface area contributed by atoms with E-state index in [0.29, 0.717) is 12.6 Å². The van der Waals surface area contributed by atoms with Crippen LogP contribution in [0.2, 0.25) is 0 Å². The predicted octanol–water partition coefficient (Wildman–Crippen LogP) is 0.710. The third-order valence-corrected chi connectivity index (χ3v) is 2.00. The first-order valence-corrected chi connectivity index (χ1v) is 4.85. The molecule has 0 saturated carbocycles. The standard InChI is InChI=1S/C7H17NOS/c1-7(2)8-3-5-10-6-4-9/h7-9H,3-6H2,1-2H3. The molecule has 0 aliphatic heterocycles. The Kier molecular flexibility index (Phi) is 7.58. The molecule has 0 heterocycles. The van der Waals surface area contributed by atoms with Crippen molar-refractivity contribution in [2.75, 3.05) is 24.7 Å². The normalized spacial score (nSPS) is 10.8. The van der Waals surface area contributed by atoms with Gasteiger partial charge in [0, 0.05) is 24.1 Å². The average molecular weight is 163 g/mol. The maximum Gasteiger partial charge on any atom is 0.0521 e. The fourth-order valence-electron chi connectivity index (χ4n) is 0.586. The Hall–Kier alpha value is 0.270. The second-order valence-electron chi connectivity index (χ2n) is 2.44. The smallest absolute Gasteiger partial charge is 0.0521 e. The van der Waals surface area contributed by atoms with Crippen LogP contribution in [0.1, 0.15) is 13.8 Å². The van der Waals surface area contributed by atoms with Crippen LogP contribution in [0.5, 0.6) is 0 Å². The molecule has 0 radical (unpaired) electrons. The van der Waals surface area contributed by atoms with E-state index in [0.717, 1.165) is 18.1 Å². The van der Waals surface area contributed by atoms with Gasteiger partial charge in [0.25, 0.3) is 0 Å². The molecule has 0 fully saturated rings. The average Bonchev–Trinajstić information content (AvgIpc) is 1.87. The fourth-order valence-corrected chi connectivity index (χ4v) is 1.18. The highest BCUT2D eigenvalue weighted by molar-refractivity contribution is 7.99. The number of thioether (sulfide) groups is 1. The van der Waals surface area contributed by atoms with Gasteiger partial charge in [0.2, 0.25) is 0 Å². The summed E-state index contributed by atoms with van der Waals surface area (Å²) in [4.78, 5) is 0.